The van der Waals surface area contributed by atoms with Crippen molar-refractivity contribution in [2.45, 2.75) is 70.1 Å². The molecule has 53 heavy (non-hydrogen) atoms. The Bertz CT molecular complexity index is 1830. The molecular formula is C33H42F3N6O10P. The molecule has 0 unspecified atom stereocenters. The van der Waals surface area contributed by atoms with E-state index in [0.29, 0.717) is 18.4 Å². The van der Waals surface area contributed by atoms with Gasteiger partial charge in [0.05, 0.1) is 32.1 Å². The molecule has 4 heterocycles. The molecule has 2 saturated heterocycles. The molecule has 2 aliphatic rings. The molecule has 2 aliphatic heterocycles. The number of nitrogens with zero attached hydrogens (tertiary/aromatic N) is 4. The van der Waals surface area contributed by atoms with Gasteiger partial charge < -0.3 is 29.2 Å². The molecule has 0 spiro atoms. The minimum atomic E-state index is -4.50. The second-order valence-electron chi connectivity index (χ2n) is 13.2. The number of nitrogen functional groups attached to an aromatic ring is 1. The van der Waals surface area contributed by atoms with Crippen LogP contribution in [-0.4, -0.2) is 101 Å². The first kappa shape index (κ1) is 39.9. The van der Waals surface area contributed by atoms with Crippen LogP contribution in [0.3, 0.4) is 0 Å². The largest absolute Gasteiger partial charge is 0.464 e. The maximum absolute atomic E-state index is 14.4. The molecule has 2 fully saturated rings. The van der Waals surface area contributed by atoms with E-state index in [1.807, 2.05) is 0 Å². The number of anilines is 1. The van der Waals surface area contributed by atoms with E-state index in [-0.39, 0.29) is 49.5 Å². The highest BCUT2D eigenvalue weighted by molar-refractivity contribution is 7.52. The number of fused-ring (bicyclic) bond motifs is 1. The van der Waals surface area contributed by atoms with Crippen LogP contribution >= 0.6 is 7.75 Å². The number of para-hydroxylation sites is 1. The van der Waals surface area contributed by atoms with E-state index < -0.39 is 68.3 Å². The standard InChI is InChI=1S/C33H42F3N6O10P/c1-21(29(45)47-16-24-12-14-41(15-13-24)17-33(34,35)36)40-53(46,52-25-8-6-5-7-9-25)49-18-31(4)30(50-22(2)43)32(19-48-31,51-23(3)44)27-11-10-26-28(37)38-20-39-42(26)27/h5-11,20-21,24,30H,12-19H2,1-4H3,(H,40,46)(H2,37,38,39)/t21-,30+,31+,32+,53+/m0/s1. The smallest absolute Gasteiger partial charge is 0.459 e. The fraction of sp³-hybridized carbons (Fsp3) is 0.545. The van der Waals surface area contributed by atoms with Gasteiger partial charge in [-0.1, -0.05) is 18.2 Å². The van der Waals surface area contributed by atoms with Crippen LogP contribution in [0.1, 0.15) is 46.2 Å². The van der Waals surface area contributed by atoms with Crippen LogP contribution in [0.2, 0.25) is 0 Å². The summed E-state index contributed by atoms with van der Waals surface area (Å²) >= 11 is 0. The quantitative estimate of drug-likeness (QED) is 0.136. The number of nitrogens with two attached hydrogens (primary N) is 1. The highest BCUT2D eigenvalue weighted by Crippen LogP contribution is 2.50. The molecule has 16 nitrogen and oxygen atoms in total. The van der Waals surface area contributed by atoms with Gasteiger partial charge in [0.15, 0.2) is 11.9 Å². The van der Waals surface area contributed by atoms with Crippen molar-refractivity contribution in [3.8, 4) is 5.75 Å². The average molecular weight is 771 g/mol. The maximum Gasteiger partial charge on any atom is 0.459 e. The lowest BCUT2D eigenvalue weighted by Crippen LogP contribution is -2.54. The van der Waals surface area contributed by atoms with Gasteiger partial charge >= 0.3 is 31.8 Å². The first-order valence-electron chi connectivity index (χ1n) is 16.7. The van der Waals surface area contributed by atoms with Crippen LogP contribution in [0, 0.1) is 5.92 Å². The first-order valence-corrected chi connectivity index (χ1v) is 18.3. The van der Waals surface area contributed by atoms with E-state index in [4.69, 9.17) is 33.7 Å². The second-order valence-corrected chi connectivity index (χ2v) is 14.9. The van der Waals surface area contributed by atoms with Crippen LogP contribution in [0.15, 0.2) is 48.8 Å². The number of carbonyl (C=O) groups is 3. The summed E-state index contributed by atoms with van der Waals surface area (Å²) in [7, 11) is -4.50. The zero-order chi connectivity index (χ0) is 38.6. The fourth-order valence-corrected chi connectivity index (χ4v) is 7.98. The van der Waals surface area contributed by atoms with Gasteiger partial charge in [-0.05, 0) is 70.0 Å². The summed E-state index contributed by atoms with van der Waals surface area (Å²) in [6, 6.07) is 9.89. The van der Waals surface area contributed by atoms with Crippen molar-refractivity contribution in [2.75, 3.05) is 45.2 Å². The molecule has 0 saturated carbocycles. The Balaban J connectivity index is 1.34. The third kappa shape index (κ3) is 9.64. The Morgan fingerprint density at radius 2 is 1.81 bits per heavy atom. The van der Waals surface area contributed by atoms with Crippen molar-refractivity contribution >= 4 is 37.0 Å². The molecule has 1 aromatic carbocycles. The summed E-state index contributed by atoms with van der Waals surface area (Å²) in [5.74, 6) is -2.22. The molecule has 20 heteroatoms. The van der Waals surface area contributed by atoms with Crippen molar-refractivity contribution in [1.29, 1.82) is 0 Å². The molecule has 2 aromatic heterocycles. The highest BCUT2D eigenvalue weighted by atomic mass is 31.2. The van der Waals surface area contributed by atoms with Gasteiger partial charge in [0.2, 0.25) is 5.60 Å². The van der Waals surface area contributed by atoms with Gasteiger partial charge in [0.25, 0.3) is 0 Å². The first-order chi connectivity index (χ1) is 24.9. The Kier molecular flexibility index (Phi) is 12.0. The number of rotatable bonds is 14. The molecule has 5 rings (SSSR count). The number of benzene rings is 1. The minimum absolute atomic E-state index is 0.0470. The van der Waals surface area contributed by atoms with Gasteiger partial charge in [0, 0.05) is 13.8 Å². The van der Waals surface area contributed by atoms with Gasteiger partial charge in [-0.3, -0.25) is 23.8 Å². The van der Waals surface area contributed by atoms with E-state index in [2.05, 4.69) is 15.2 Å². The predicted molar refractivity (Wildman–Crippen MR) is 180 cm³/mol. The van der Waals surface area contributed by atoms with Crippen molar-refractivity contribution in [2.24, 2.45) is 5.92 Å². The molecule has 5 atom stereocenters. The summed E-state index contributed by atoms with van der Waals surface area (Å²) in [5.41, 5.74) is 3.18. The van der Waals surface area contributed by atoms with E-state index in [0.717, 1.165) is 6.92 Å². The van der Waals surface area contributed by atoms with Gasteiger partial charge in [-0.25, -0.2) is 14.1 Å². The highest BCUT2D eigenvalue weighted by Gasteiger charge is 2.64. The monoisotopic (exact) mass is 770 g/mol. The zero-order valence-electron chi connectivity index (χ0n) is 29.5. The number of ether oxygens (including phenoxy) is 4. The Labute approximate surface area is 302 Å². The van der Waals surface area contributed by atoms with Crippen LogP contribution < -0.4 is 15.3 Å². The fourth-order valence-electron chi connectivity index (χ4n) is 6.40. The Morgan fingerprint density at radius 3 is 2.45 bits per heavy atom. The SMILES string of the molecule is CC(=O)O[C@@H]1[C@@](C)(CO[P@](=O)(N[C@@H](C)C(=O)OCC2CCN(CC(F)(F)F)CC2)Oc2ccccc2)OC[C@@]1(OC(C)=O)c1ccc2c(N)ncnn12. The van der Waals surface area contributed by atoms with E-state index in [9.17, 15) is 32.1 Å². The second kappa shape index (κ2) is 16.0. The molecule has 0 amide bonds. The van der Waals surface area contributed by atoms with Crippen LogP contribution in [-0.2, 0) is 48.0 Å². The van der Waals surface area contributed by atoms with Crippen molar-refractivity contribution in [3.63, 3.8) is 0 Å². The van der Waals surface area contributed by atoms with E-state index in [1.54, 1.807) is 30.3 Å². The van der Waals surface area contributed by atoms with Crippen molar-refractivity contribution in [1.82, 2.24) is 24.6 Å². The normalized spacial score (nSPS) is 24.3. The predicted octanol–water partition coefficient (Wildman–Crippen LogP) is 3.79. The number of carbonyl (C=O) groups excluding carboxylic acids is 3. The lowest BCUT2D eigenvalue weighted by atomic mass is 9.86. The molecule has 0 bridgehead atoms. The third-order valence-electron chi connectivity index (χ3n) is 8.89. The minimum Gasteiger partial charge on any atom is -0.464 e. The number of esters is 3. The van der Waals surface area contributed by atoms with Crippen molar-refractivity contribution < 1.29 is 60.1 Å². The molecule has 3 N–H and O–H groups in total. The number of hydrogen-bond acceptors (Lipinski definition) is 14. The molecular weight excluding hydrogens is 728 g/mol. The maximum atomic E-state index is 14.4. The third-order valence-corrected chi connectivity index (χ3v) is 10.5. The number of alkyl halides is 3. The molecule has 290 valence electrons. The number of halogens is 3. The molecule has 0 radical (unpaired) electrons. The topological polar surface area (TPSA) is 195 Å². The van der Waals surface area contributed by atoms with Crippen molar-refractivity contribution in [3.05, 3.63) is 54.5 Å². The van der Waals surface area contributed by atoms with Gasteiger partial charge in [-0.15, -0.1) is 0 Å². The number of piperidine rings is 1. The van der Waals surface area contributed by atoms with Gasteiger partial charge in [-0.2, -0.15) is 23.4 Å². The van der Waals surface area contributed by atoms with Crippen LogP contribution in [0.5, 0.6) is 5.75 Å². The Hall–Kier alpha value is -4.29. The number of aromatic nitrogens is 3. The number of hydrogen-bond donors (Lipinski definition) is 2. The Morgan fingerprint density at radius 1 is 1.11 bits per heavy atom. The summed E-state index contributed by atoms with van der Waals surface area (Å²) in [6.45, 7) is 3.61. The zero-order valence-corrected chi connectivity index (χ0v) is 30.4. The lowest BCUT2D eigenvalue weighted by molar-refractivity contribution is -0.186. The summed E-state index contributed by atoms with van der Waals surface area (Å²) in [4.78, 5) is 43.5. The van der Waals surface area contributed by atoms with Gasteiger partial charge in [0.1, 0.15) is 29.2 Å². The molecule has 0 aliphatic carbocycles. The van der Waals surface area contributed by atoms with Crippen LogP contribution in [0.4, 0.5) is 19.0 Å². The lowest BCUT2D eigenvalue weighted by Gasteiger charge is -2.37. The summed E-state index contributed by atoms with van der Waals surface area (Å²) in [5, 5.41) is 6.84. The summed E-state index contributed by atoms with van der Waals surface area (Å²) in [6.07, 6.45) is -3.71. The van der Waals surface area contributed by atoms with E-state index >= 15 is 0 Å². The summed E-state index contributed by atoms with van der Waals surface area (Å²) < 4.78 is 89.1. The van der Waals surface area contributed by atoms with Crippen LogP contribution in [0.25, 0.3) is 5.52 Å². The number of likely N-dealkylation sites (tertiary alicyclic amines) is 1. The average Bonchev–Trinajstić information content (AvgIpc) is 3.64. The van der Waals surface area contributed by atoms with E-state index in [1.165, 1.54) is 48.6 Å². The molecule has 3 aromatic rings. The number of nitrogens with one attached hydrogen (secondary N) is 1.